The molecule has 1 N–H and O–H groups in total. The van der Waals surface area contributed by atoms with E-state index in [9.17, 15) is 13.2 Å². The van der Waals surface area contributed by atoms with Crippen molar-refractivity contribution < 1.29 is 13.2 Å². The maximum Gasteiger partial charge on any atom is 0.264 e. The summed E-state index contributed by atoms with van der Waals surface area (Å²) in [6.45, 7) is 0. The molecule has 0 spiro atoms. The molecule has 1 aliphatic rings. The summed E-state index contributed by atoms with van der Waals surface area (Å²) in [7, 11) is -3.94. The molecule has 0 heterocycles. The van der Waals surface area contributed by atoms with Crippen LogP contribution in [-0.2, 0) is 14.8 Å². The Labute approximate surface area is 122 Å². The number of amides is 1. The van der Waals surface area contributed by atoms with Gasteiger partial charge in [-0.05, 0) is 31.0 Å². The highest BCUT2D eigenvalue weighted by atomic mass is 35.5. The van der Waals surface area contributed by atoms with Gasteiger partial charge in [-0.1, -0.05) is 24.4 Å². The van der Waals surface area contributed by atoms with E-state index in [1.165, 1.54) is 18.2 Å². The van der Waals surface area contributed by atoms with Crippen LogP contribution < -0.4 is 4.72 Å². The van der Waals surface area contributed by atoms with Crippen molar-refractivity contribution in [3.8, 4) is 6.07 Å². The Morgan fingerprint density at radius 2 is 2.00 bits per heavy atom. The monoisotopic (exact) mass is 312 g/mol. The van der Waals surface area contributed by atoms with E-state index in [1.54, 1.807) is 0 Å². The molecule has 1 aromatic carbocycles. The molecule has 106 valence electrons. The van der Waals surface area contributed by atoms with Crippen molar-refractivity contribution in [1.29, 1.82) is 5.26 Å². The van der Waals surface area contributed by atoms with E-state index in [4.69, 9.17) is 16.9 Å². The van der Waals surface area contributed by atoms with Crippen molar-refractivity contribution >= 4 is 27.5 Å². The van der Waals surface area contributed by atoms with Crippen molar-refractivity contribution in [2.75, 3.05) is 0 Å². The molecule has 1 saturated carbocycles. The largest absolute Gasteiger partial charge is 0.274 e. The van der Waals surface area contributed by atoms with Crippen molar-refractivity contribution in [3.63, 3.8) is 0 Å². The van der Waals surface area contributed by atoms with Gasteiger partial charge in [0.2, 0.25) is 5.91 Å². The second-order valence-corrected chi connectivity index (χ2v) is 6.79. The van der Waals surface area contributed by atoms with Crippen molar-refractivity contribution in [2.45, 2.75) is 30.6 Å². The fourth-order valence-electron chi connectivity index (χ4n) is 2.22. The summed E-state index contributed by atoms with van der Waals surface area (Å²) in [5.41, 5.74) is 0.188. The number of nitriles is 1. The quantitative estimate of drug-likeness (QED) is 0.927. The molecule has 1 fully saturated rings. The molecular weight excluding hydrogens is 300 g/mol. The zero-order chi connectivity index (χ0) is 14.8. The highest BCUT2D eigenvalue weighted by Gasteiger charge is 2.27. The van der Waals surface area contributed by atoms with E-state index in [2.05, 4.69) is 4.72 Å². The molecule has 0 saturated heterocycles. The number of benzene rings is 1. The van der Waals surface area contributed by atoms with Crippen LogP contribution in [0.5, 0.6) is 0 Å². The molecule has 0 aliphatic heterocycles. The molecule has 0 unspecified atom stereocenters. The Bertz CT molecular complexity index is 673. The fourth-order valence-corrected chi connectivity index (χ4v) is 3.57. The first-order valence-electron chi connectivity index (χ1n) is 6.20. The molecule has 5 nitrogen and oxygen atoms in total. The predicted molar refractivity (Wildman–Crippen MR) is 73.5 cm³/mol. The Balaban J connectivity index is 2.20. The van der Waals surface area contributed by atoms with Crippen LogP contribution in [0.4, 0.5) is 0 Å². The molecule has 2 rings (SSSR count). The lowest BCUT2D eigenvalue weighted by molar-refractivity contribution is -0.122. The summed E-state index contributed by atoms with van der Waals surface area (Å²) in [5.74, 6) is -0.707. The van der Waals surface area contributed by atoms with Crippen LogP contribution in [0.2, 0.25) is 5.02 Å². The third kappa shape index (κ3) is 3.11. The number of carbonyl (C=O) groups is 1. The number of hydrogen-bond acceptors (Lipinski definition) is 4. The highest BCUT2D eigenvalue weighted by molar-refractivity contribution is 7.90. The number of rotatable bonds is 3. The van der Waals surface area contributed by atoms with Crippen LogP contribution in [0.3, 0.4) is 0 Å². The molecular formula is C13H13ClN2O3S. The Morgan fingerprint density at radius 3 is 2.55 bits per heavy atom. The van der Waals surface area contributed by atoms with Crippen molar-refractivity contribution in [3.05, 3.63) is 28.8 Å². The Hall–Kier alpha value is -1.58. The molecule has 7 heteroatoms. The van der Waals surface area contributed by atoms with Gasteiger partial charge in [0.1, 0.15) is 6.07 Å². The molecule has 0 aromatic heterocycles. The average molecular weight is 313 g/mol. The minimum Gasteiger partial charge on any atom is -0.274 e. The van der Waals surface area contributed by atoms with E-state index < -0.39 is 15.9 Å². The van der Waals surface area contributed by atoms with E-state index >= 15 is 0 Å². The van der Waals surface area contributed by atoms with E-state index in [1.807, 2.05) is 6.07 Å². The molecule has 0 atom stereocenters. The molecule has 1 aromatic rings. The van der Waals surface area contributed by atoms with Crippen LogP contribution in [0.25, 0.3) is 0 Å². The lowest BCUT2D eigenvalue weighted by atomic mass is 10.1. The maximum atomic E-state index is 12.1. The van der Waals surface area contributed by atoms with Crippen LogP contribution in [0, 0.1) is 17.2 Å². The van der Waals surface area contributed by atoms with Crippen molar-refractivity contribution in [1.82, 2.24) is 4.72 Å². The summed E-state index contributed by atoms with van der Waals surface area (Å²) >= 11 is 5.80. The number of hydrogen-bond donors (Lipinski definition) is 1. The minimum atomic E-state index is -3.94. The predicted octanol–water partition coefficient (Wildman–Crippen LogP) is 2.21. The standard InChI is InChI=1S/C13H13ClN2O3S/c14-12-7-11(6-5-10(12)8-15)20(18,19)16-13(17)9-3-1-2-4-9/h5-7,9H,1-4H2,(H,16,17). The number of nitrogens with one attached hydrogen (secondary N) is 1. The minimum absolute atomic E-state index is 0.0451. The number of halogens is 1. The van der Waals surface area contributed by atoms with Crippen LogP contribution in [0.1, 0.15) is 31.2 Å². The molecule has 1 aliphatic carbocycles. The summed E-state index contributed by atoms with van der Waals surface area (Å²) in [5, 5.41) is 8.79. The van der Waals surface area contributed by atoms with Crippen molar-refractivity contribution in [2.24, 2.45) is 5.92 Å². The summed E-state index contributed by atoms with van der Waals surface area (Å²) in [6.07, 6.45) is 3.33. The lowest BCUT2D eigenvalue weighted by Crippen LogP contribution is -2.34. The lowest BCUT2D eigenvalue weighted by Gasteiger charge is -2.11. The van der Waals surface area contributed by atoms with Gasteiger partial charge in [-0.25, -0.2) is 13.1 Å². The van der Waals surface area contributed by atoms with E-state index in [0.29, 0.717) is 0 Å². The molecule has 20 heavy (non-hydrogen) atoms. The van der Waals surface area contributed by atoms with Crippen LogP contribution >= 0.6 is 11.6 Å². The zero-order valence-electron chi connectivity index (χ0n) is 10.6. The Morgan fingerprint density at radius 1 is 1.35 bits per heavy atom. The van der Waals surface area contributed by atoms with E-state index in [-0.39, 0.29) is 21.4 Å². The third-order valence-electron chi connectivity index (χ3n) is 3.33. The summed E-state index contributed by atoms with van der Waals surface area (Å²) in [6, 6.07) is 5.59. The number of nitrogens with zero attached hydrogens (tertiary/aromatic N) is 1. The summed E-state index contributed by atoms with van der Waals surface area (Å²) in [4.78, 5) is 11.7. The maximum absolute atomic E-state index is 12.1. The molecule has 0 radical (unpaired) electrons. The first kappa shape index (κ1) is 14.8. The number of carbonyl (C=O) groups excluding carboxylic acids is 1. The summed E-state index contributed by atoms with van der Waals surface area (Å²) < 4.78 is 26.2. The van der Waals surface area contributed by atoms with Gasteiger partial charge in [-0.2, -0.15) is 5.26 Å². The van der Waals surface area contributed by atoms with Gasteiger partial charge in [0, 0.05) is 5.92 Å². The fraction of sp³-hybridized carbons (Fsp3) is 0.385. The van der Waals surface area contributed by atoms with Gasteiger partial charge in [0.15, 0.2) is 0 Å². The molecule has 1 amide bonds. The van der Waals surface area contributed by atoms with Crippen LogP contribution in [-0.4, -0.2) is 14.3 Å². The second-order valence-electron chi connectivity index (χ2n) is 4.70. The van der Waals surface area contributed by atoms with Gasteiger partial charge in [-0.15, -0.1) is 0 Å². The Kier molecular flexibility index (Phi) is 4.31. The topological polar surface area (TPSA) is 87.0 Å². The van der Waals surface area contributed by atoms with Gasteiger partial charge < -0.3 is 0 Å². The highest BCUT2D eigenvalue weighted by Crippen LogP contribution is 2.26. The normalized spacial score (nSPS) is 15.8. The van der Waals surface area contributed by atoms with Gasteiger partial charge >= 0.3 is 0 Å². The SMILES string of the molecule is N#Cc1ccc(S(=O)(=O)NC(=O)C2CCCC2)cc1Cl. The van der Waals surface area contributed by atoms with Gasteiger partial charge in [0.25, 0.3) is 10.0 Å². The first-order chi connectivity index (χ1) is 9.44. The zero-order valence-corrected chi connectivity index (χ0v) is 12.2. The number of sulfonamides is 1. The van der Waals surface area contributed by atoms with Crippen LogP contribution in [0.15, 0.2) is 23.1 Å². The smallest absolute Gasteiger partial charge is 0.264 e. The third-order valence-corrected chi connectivity index (χ3v) is 4.99. The van der Waals surface area contributed by atoms with Gasteiger partial charge in [0.05, 0.1) is 15.5 Å². The van der Waals surface area contributed by atoms with E-state index in [0.717, 1.165) is 25.7 Å². The van der Waals surface area contributed by atoms with Gasteiger partial charge in [-0.3, -0.25) is 4.79 Å². The average Bonchev–Trinajstić information content (AvgIpc) is 2.92. The second kappa shape index (κ2) is 5.81. The molecule has 0 bridgehead atoms. The first-order valence-corrected chi connectivity index (χ1v) is 8.06.